The van der Waals surface area contributed by atoms with Crippen LogP contribution in [0.3, 0.4) is 0 Å². The van der Waals surface area contributed by atoms with Gasteiger partial charge in [0.2, 0.25) is 0 Å². The zero-order chi connectivity index (χ0) is 13.9. The highest BCUT2D eigenvalue weighted by Gasteiger charge is 2.30. The van der Waals surface area contributed by atoms with Gasteiger partial charge in [-0.3, -0.25) is 4.79 Å². The summed E-state index contributed by atoms with van der Waals surface area (Å²) in [6.45, 7) is 9.25. The number of hydrogen-bond donors (Lipinski definition) is 0. The van der Waals surface area contributed by atoms with Crippen LogP contribution >= 0.6 is 0 Å². The summed E-state index contributed by atoms with van der Waals surface area (Å²) in [4.78, 5) is 22.9. The summed E-state index contributed by atoms with van der Waals surface area (Å²) >= 11 is 0. The van der Waals surface area contributed by atoms with Gasteiger partial charge in [-0.05, 0) is 32.4 Å². The molecule has 3 heteroatoms. The van der Waals surface area contributed by atoms with Gasteiger partial charge in [-0.1, -0.05) is 26.0 Å². The van der Waals surface area contributed by atoms with E-state index in [2.05, 4.69) is 0 Å². The van der Waals surface area contributed by atoms with E-state index < -0.39 is 6.10 Å². The van der Waals surface area contributed by atoms with E-state index in [0.717, 1.165) is 11.9 Å². The van der Waals surface area contributed by atoms with Crippen LogP contribution in [0, 0.1) is 5.41 Å². The summed E-state index contributed by atoms with van der Waals surface area (Å²) in [5.41, 5.74) is 1.74. The first-order valence-corrected chi connectivity index (χ1v) is 6.03. The molecule has 0 aliphatic heterocycles. The summed E-state index contributed by atoms with van der Waals surface area (Å²) in [6, 6.07) is 0. The molecule has 1 aliphatic rings. The molecular formula is C15H20O3. The second kappa shape index (κ2) is 5.34. The van der Waals surface area contributed by atoms with Gasteiger partial charge in [0, 0.05) is 16.6 Å². The molecule has 0 fully saturated rings. The van der Waals surface area contributed by atoms with Crippen LogP contribution in [-0.4, -0.2) is 18.4 Å². The number of hydrogen-bond acceptors (Lipinski definition) is 3. The number of carbonyl (C=O) groups is 2. The minimum Gasteiger partial charge on any atom is -0.450 e. The van der Waals surface area contributed by atoms with Gasteiger partial charge in [0.05, 0.1) is 0 Å². The van der Waals surface area contributed by atoms with Crippen molar-refractivity contribution in [3.8, 4) is 0 Å². The Morgan fingerprint density at radius 2 is 2.06 bits per heavy atom. The average molecular weight is 248 g/mol. The molecule has 0 heterocycles. The molecule has 0 saturated heterocycles. The molecule has 98 valence electrons. The third-order valence-electron chi connectivity index (χ3n) is 3.34. The van der Waals surface area contributed by atoms with Crippen molar-refractivity contribution < 1.29 is 14.3 Å². The molecule has 0 aromatic heterocycles. The van der Waals surface area contributed by atoms with E-state index in [1.54, 1.807) is 19.9 Å². The summed E-state index contributed by atoms with van der Waals surface area (Å²) in [5.74, 6) is -0.351. The topological polar surface area (TPSA) is 43.4 Å². The van der Waals surface area contributed by atoms with Crippen molar-refractivity contribution in [3.63, 3.8) is 0 Å². The van der Waals surface area contributed by atoms with Crippen molar-refractivity contribution in [2.45, 2.75) is 40.7 Å². The Hall–Kier alpha value is -1.64. The zero-order valence-corrected chi connectivity index (χ0v) is 11.6. The van der Waals surface area contributed by atoms with Crippen LogP contribution in [0.15, 0.2) is 34.9 Å². The quantitative estimate of drug-likeness (QED) is 0.334. The molecule has 0 aromatic carbocycles. The molecule has 0 spiro atoms. The lowest BCUT2D eigenvalue weighted by atomic mass is 9.77. The van der Waals surface area contributed by atoms with E-state index in [1.807, 2.05) is 32.9 Å². The highest BCUT2D eigenvalue weighted by Crippen LogP contribution is 2.35. The maximum absolute atomic E-state index is 11.7. The van der Waals surface area contributed by atoms with Gasteiger partial charge in [0.25, 0.3) is 0 Å². The van der Waals surface area contributed by atoms with E-state index >= 15 is 0 Å². The highest BCUT2D eigenvalue weighted by molar-refractivity contribution is 5.88. The van der Waals surface area contributed by atoms with Gasteiger partial charge < -0.3 is 4.74 Å². The number of rotatable bonds is 3. The highest BCUT2D eigenvalue weighted by atomic mass is 16.5. The van der Waals surface area contributed by atoms with E-state index in [-0.39, 0.29) is 11.4 Å². The van der Waals surface area contributed by atoms with Crippen LogP contribution in [0.2, 0.25) is 0 Å². The van der Waals surface area contributed by atoms with Crippen molar-refractivity contribution in [2.24, 2.45) is 5.41 Å². The summed E-state index contributed by atoms with van der Waals surface area (Å²) in [6.07, 6.45) is 5.86. The first-order chi connectivity index (χ1) is 8.33. The first kappa shape index (κ1) is 14.4. The minimum atomic E-state index is -0.444. The maximum Gasteiger partial charge on any atom is 0.334 e. The molecule has 1 atom stereocenters. The van der Waals surface area contributed by atoms with Gasteiger partial charge in [-0.2, -0.15) is 0 Å². The molecule has 18 heavy (non-hydrogen) atoms. The standard InChI is InChI=1S/C15H20O3/c1-6-10(2)14(17)18-13-7-8-15(4,5)12(9-16)11(13)3/h6-9,13H,1-5H3/b10-6-/t13-/m1/s1. The molecule has 1 rings (SSSR count). The molecule has 0 unspecified atom stereocenters. The predicted molar refractivity (Wildman–Crippen MR) is 71.0 cm³/mol. The predicted octanol–water partition coefficient (Wildman–Crippen LogP) is 2.98. The fourth-order valence-corrected chi connectivity index (χ4v) is 1.92. The van der Waals surface area contributed by atoms with Crippen molar-refractivity contribution in [1.82, 2.24) is 0 Å². The van der Waals surface area contributed by atoms with Crippen molar-refractivity contribution >= 4 is 12.3 Å². The van der Waals surface area contributed by atoms with E-state index in [0.29, 0.717) is 11.1 Å². The number of allylic oxidation sites excluding steroid dienone is 3. The maximum atomic E-state index is 11.7. The molecule has 0 aromatic rings. The van der Waals surface area contributed by atoms with Gasteiger partial charge in [0.15, 0.2) is 0 Å². The van der Waals surface area contributed by atoms with Crippen molar-refractivity contribution in [1.29, 1.82) is 0 Å². The number of esters is 1. The third-order valence-corrected chi connectivity index (χ3v) is 3.34. The Kier molecular flexibility index (Phi) is 4.28. The lowest BCUT2D eigenvalue weighted by Gasteiger charge is -2.30. The molecule has 0 N–H and O–H groups in total. The Labute approximate surface area is 108 Å². The summed E-state index contributed by atoms with van der Waals surface area (Å²) in [5, 5.41) is 0. The van der Waals surface area contributed by atoms with Gasteiger partial charge >= 0.3 is 5.97 Å². The average Bonchev–Trinajstić information content (AvgIpc) is 2.32. The Balaban J connectivity index is 2.98. The molecular weight excluding hydrogens is 228 g/mol. The lowest BCUT2D eigenvalue weighted by molar-refractivity contribution is -0.141. The minimum absolute atomic E-state index is 0.301. The zero-order valence-electron chi connectivity index (χ0n) is 11.6. The smallest absolute Gasteiger partial charge is 0.334 e. The summed E-state index contributed by atoms with van der Waals surface area (Å²) < 4.78 is 5.37. The fourth-order valence-electron chi connectivity index (χ4n) is 1.92. The number of carbonyl (C=O) groups excluding carboxylic acids is 2. The van der Waals surface area contributed by atoms with Crippen LogP contribution in [0.1, 0.15) is 34.6 Å². The number of aldehydes is 1. The second-order valence-corrected chi connectivity index (χ2v) is 5.09. The largest absolute Gasteiger partial charge is 0.450 e. The Morgan fingerprint density at radius 3 is 2.56 bits per heavy atom. The van der Waals surface area contributed by atoms with Crippen LogP contribution in [0.25, 0.3) is 0 Å². The monoisotopic (exact) mass is 248 g/mol. The SMILES string of the molecule is C/C=C(/C)C(=O)O[C@@H]1C=CC(C)(C)C(C=O)=C1C. The summed E-state index contributed by atoms with van der Waals surface area (Å²) in [7, 11) is 0. The number of ether oxygens (including phenoxy) is 1. The van der Waals surface area contributed by atoms with E-state index in [4.69, 9.17) is 4.74 Å². The first-order valence-electron chi connectivity index (χ1n) is 6.03. The molecule has 0 bridgehead atoms. The molecule has 0 saturated carbocycles. The second-order valence-electron chi connectivity index (χ2n) is 5.09. The Morgan fingerprint density at radius 1 is 1.44 bits per heavy atom. The van der Waals surface area contributed by atoms with Gasteiger partial charge in [-0.25, -0.2) is 4.79 Å². The van der Waals surface area contributed by atoms with Crippen molar-refractivity contribution in [3.05, 3.63) is 34.9 Å². The van der Waals surface area contributed by atoms with Crippen molar-refractivity contribution in [2.75, 3.05) is 0 Å². The third kappa shape index (κ3) is 2.78. The van der Waals surface area contributed by atoms with Crippen LogP contribution in [0.5, 0.6) is 0 Å². The Bertz CT molecular complexity index is 450. The molecule has 0 amide bonds. The fraction of sp³-hybridized carbons (Fsp3) is 0.467. The van der Waals surface area contributed by atoms with E-state index in [1.165, 1.54) is 0 Å². The van der Waals surface area contributed by atoms with Crippen LogP contribution < -0.4 is 0 Å². The lowest BCUT2D eigenvalue weighted by Crippen LogP contribution is -2.27. The van der Waals surface area contributed by atoms with Crippen LogP contribution in [-0.2, 0) is 14.3 Å². The van der Waals surface area contributed by atoms with E-state index in [9.17, 15) is 9.59 Å². The molecule has 1 aliphatic carbocycles. The molecule has 3 nitrogen and oxygen atoms in total. The van der Waals surface area contributed by atoms with Crippen LogP contribution in [0.4, 0.5) is 0 Å². The van der Waals surface area contributed by atoms with Gasteiger partial charge in [-0.15, -0.1) is 0 Å². The van der Waals surface area contributed by atoms with Gasteiger partial charge in [0.1, 0.15) is 12.4 Å². The normalized spacial score (nSPS) is 22.9. The molecule has 0 radical (unpaired) electrons.